The quantitative estimate of drug-likeness (QED) is 0.0812. The maximum Gasteiger partial charge on any atom is 0.419 e. The summed E-state index contributed by atoms with van der Waals surface area (Å²) in [6.45, 7) is 11.6. The number of ether oxygens (including phenoxy) is 1. The van der Waals surface area contributed by atoms with Crippen molar-refractivity contribution in [1.29, 1.82) is 0 Å². The molecule has 2 atom stereocenters. The molecule has 1 aromatic carbocycles. The zero-order chi connectivity index (χ0) is 34.1. The zero-order valence-electron chi connectivity index (χ0n) is 27.9. The Hall–Kier alpha value is -2.53. The summed E-state index contributed by atoms with van der Waals surface area (Å²) in [6.07, 6.45) is 7.69. The van der Waals surface area contributed by atoms with Gasteiger partial charge in [-0.1, -0.05) is 49.4 Å². The predicted octanol–water partition coefficient (Wildman–Crippen LogP) is 8.20. The largest absolute Gasteiger partial charge is 0.480 e. The first-order valence-corrected chi connectivity index (χ1v) is 16.6. The van der Waals surface area contributed by atoms with E-state index in [1.54, 1.807) is 7.05 Å². The van der Waals surface area contributed by atoms with Crippen molar-refractivity contribution in [3.63, 3.8) is 0 Å². The van der Waals surface area contributed by atoms with Gasteiger partial charge in [0.1, 0.15) is 6.04 Å². The number of carbonyl (C=O) groups is 1. The van der Waals surface area contributed by atoms with E-state index in [4.69, 9.17) is 10.5 Å². The van der Waals surface area contributed by atoms with Gasteiger partial charge in [0.25, 0.3) is 5.92 Å². The Labute approximate surface area is 272 Å². The summed E-state index contributed by atoms with van der Waals surface area (Å²) >= 11 is 0. The van der Waals surface area contributed by atoms with Crippen molar-refractivity contribution in [3.05, 3.63) is 70.8 Å². The van der Waals surface area contributed by atoms with Crippen LogP contribution in [0.2, 0.25) is 0 Å². The number of carboxylic acid groups (broad SMARTS) is 1. The molecular formula is C36H53F4N3O3. The Morgan fingerprint density at radius 2 is 1.80 bits per heavy atom. The molecule has 1 saturated carbocycles. The van der Waals surface area contributed by atoms with Crippen molar-refractivity contribution < 1.29 is 32.2 Å². The molecule has 1 aliphatic heterocycles. The molecule has 1 aliphatic carbocycles. The highest BCUT2D eigenvalue weighted by Gasteiger charge is 2.35. The summed E-state index contributed by atoms with van der Waals surface area (Å²) in [5, 5.41) is 10.5. The number of likely N-dealkylation sites (tertiary alicyclic amines) is 1. The van der Waals surface area contributed by atoms with Crippen LogP contribution >= 0.6 is 0 Å². The summed E-state index contributed by atoms with van der Waals surface area (Å²) in [4.78, 5) is 17.1. The van der Waals surface area contributed by atoms with Crippen molar-refractivity contribution in [2.45, 2.75) is 109 Å². The molecule has 1 saturated heterocycles. The topological polar surface area (TPSA) is 79.0 Å². The first kappa shape index (κ1) is 37.9. The molecule has 10 heteroatoms. The fourth-order valence-corrected chi connectivity index (χ4v) is 7.06. The van der Waals surface area contributed by atoms with Crippen LogP contribution in [0.1, 0.15) is 100 Å². The summed E-state index contributed by atoms with van der Waals surface area (Å²) in [6, 6.07) is 4.71. The van der Waals surface area contributed by atoms with E-state index in [0.717, 1.165) is 62.5 Å². The van der Waals surface area contributed by atoms with E-state index in [0.29, 0.717) is 44.2 Å². The van der Waals surface area contributed by atoms with Crippen molar-refractivity contribution in [1.82, 2.24) is 9.80 Å². The first-order chi connectivity index (χ1) is 21.6. The van der Waals surface area contributed by atoms with E-state index in [1.165, 1.54) is 12.5 Å². The number of hydrogen-bond donors (Lipinski definition) is 2. The number of aliphatic carboxylic acids is 1. The predicted molar refractivity (Wildman–Crippen MR) is 175 cm³/mol. The van der Waals surface area contributed by atoms with Gasteiger partial charge in [0, 0.05) is 12.5 Å². The van der Waals surface area contributed by atoms with Gasteiger partial charge in [0.15, 0.2) is 0 Å². The number of aryl methyl sites for hydroxylation is 1. The maximum absolute atomic E-state index is 14.2. The molecule has 258 valence electrons. The van der Waals surface area contributed by atoms with E-state index in [9.17, 15) is 27.5 Å². The standard InChI is InChI=1S/C36H53F4N3O3/c1-6-11-29(24-26(3)35(4,37)38)27(19-23-43-20-8-7-9-21-43)18-22-42(5)33(34(44)45)31-13-10-12-25(2)32(31)28-14-16-30(17-15-28)46-36(39,40)41/h6,10-13,24,27-28,30,33H,3,7-9,14-23,41H2,1-2,4-5H3,(H,44,45)/b11-6-,29-24+/t27?,28?,30?,33-/m0/s1. The van der Waals surface area contributed by atoms with Gasteiger partial charge in [0.2, 0.25) is 0 Å². The molecule has 3 rings (SSSR count). The van der Waals surface area contributed by atoms with Gasteiger partial charge in [-0.15, -0.1) is 0 Å². The lowest BCUT2D eigenvalue weighted by molar-refractivity contribution is -0.263. The number of halogens is 4. The van der Waals surface area contributed by atoms with E-state index < -0.39 is 30.3 Å². The summed E-state index contributed by atoms with van der Waals surface area (Å²) < 4.78 is 59.6. The van der Waals surface area contributed by atoms with Crippen LogP contribution in [0.5, 0.6) is 0 Å². The monoisotopic (exact) mass is 651 g/mol. The summed E-state index contributed by atoms with van der Waals surface area (Å²) in [5.74, 6) is -4.11. The Morgan fingerprint density at radius 3 is 2.37 bits per heavy atom. The van der Waals surface area contributed by atoms with E-state index >= 15 is 0 Å². The third-order valence-corrected chi connectivity index (χ3v) is 9.54. The first-order valence-electron chi connectivity index (χ1n) is 16.6. The second-order valence-corrected chi connectivity index (χ2v) is 13.2. The van der Waals surface area contributed by atoms with Crippen LogP contribution in [0, 0.1) is 12.8 Å². The number of nitrogens with two attached hydrogens (primary N) is 1. The Kier molecular flexibility index (Phi) is 14.0. The van der Waals surface area contributed by atoms with Crippen molar-refractivity contribution >= 4 is 5.97 Å². The maximum atomic E-state index is 14.2. The smallest absolute Gasteiger partial charge is 0.419 e. The molecule has 0 radical (unpaired) electrons. The molecule has 6 nitrogen and oxygen atoms in total. The Balaban J connectivity index is 1.85. The summed E-state index contributed by atoms with van der Waals surface area (Å²) in [7, 11) is 1.79. The molecule has 2 fully saturated rings. The SMILES string of the molecule is C=C(/C=C(\C=C/C)C(CCN1CCCCC1)CCN(C)[C@H](C(=O)O)c1cccc(C)c1C1CCC(OC(N)(F)F)CC1)C(C)(F)F. The average Bonchev–Trinajstić information content (AvgIpc) is 2.97. The number of hydrogen-bond acceptors (Lipinski definition) is 5. The minimum absolute atomic E-state index is 0.000870. The number of piperidine rings is 1. The molecule has 2 aliphatic rings. The van der Waals surface area contributed by atoms with Crippen LogP contribution < -0.4 is 5.73 Å². The van der Waals surface area contributed by atoms with Crippen LogP contribution in [0.15, 0.2) is 54.2 Å². The lowest BCUT2D eigenvalue weighted by atomic mass is 9.77. The molecule has 0 spiro atoms. The van der Waals surface area contributed by atoms with Crippen LogP contribution in [-0.4, -0.2) is 72.4 Å². The third-order valence-electron chi connectivity index (χ3n) is 9.54. The van der Waals surface area contributed by atoms with E-state index in [-0.39, 0.29) is 17.4 Å². The molecule has 0 amide bonds. The number of allylic oxidation sites excluding steroid dienone is 5. The second kappa shape index (κ2) is 17.0. The van der Waals surface area contributed by atoms with E-state index in [1.807, 2.05) is 49.1 Å². The van der Waals surface area contributed by atoms with Crippen LogP contribution in [0.3, 0.4) is 0 Å². The Morgan fingerprint density at radius 1 is 1.15 bits per heavy atom. The minimum atomic E-state index is -3.68. The molecule has 46 heavy (non-hydrogen) atoms. The fourth-order valence-electron chi connectivity index (χ4n) is 7.06. The average molecular weight is 652 g/mol. The van der Waals surface area contributed by atoms with Crippen molar-refractivity contribution in [3.8, 4) is 0 Å². The second-order valence-electron chi connectivity index (χ2n) is 13.2. The zero-order valence-corrected chi connectivity index (χ0v) is 27.9. The lowest BCUT2D eigenvalue weighted by Crippen LogP contribution is -2.38. The van der Waals surface area contributed by atoms with Crippen LogP contribution in [0.25, 0.3) is 0 Å². The minimum Gasteiger partial charge on any atom is -0.480 e. The number of carboxylic acids is 1. The Bertz CT molecular complexity index is 1210. The van der Waals surface area contributed by atoms with Crippen LogP contribution in [-0.2, 0) is 9.53 Å². The molecule has 3 N–H and O–H groups in total. The van der Waals surface area contributed by atoms with Gasteiger partial charge in [-0.3, -0.25) is 9.69 Å². The molecule has 0 aromatic heterocycles. The fraction of sp³-hybridized carbons (Fsp3) is 0.639. The third kappa shape index (κ3) is 11.3. The molecule has 1 aromatic rings. The molecular weight excluding hydrogens is 598 g/mol. The van der Waals surface area contributed by atoms with Gasteiger partial charge in [-0.05, 0) is 133 Å². The molecule has 1 unspecified atom stereocenters. The number of nitrogens with zero attached hydrogens (tertiary/aromatic N) is 2. The van der Waals surface area contributed by atoms with Gasteiger partial charge >= 0.3 is 12.2 Å². The lowest BCUT2D eigenvalue weighted by Gasteiger charge is -2.35. The van der Waals surface area contributed by atoms with Gasteiger partial charge in [-0.2, -0.15) is 8.78 Å². The van der Waals surface area contributed by atoms with E-state index in [2.05, 4.69) is 11.5 Å². The van der Waals surface area contributed by atoms with Crippen LogP contribution in [0.4, 0.5) is 17.6 Å². The normalized spacial score (nSPS) is 21.9. The highest BCUT2D eigenvalue weighted by molar-refractivity contribution is 5.76. The number of benzene rings is 1. The number of rotatable bonds is 16. The highest BCUT2D eigenvalue weighted by atomic mass is 19.3. The van der Waals surface area contributed by atoms with Gasteiger partial charge in [-0.25, -0.2) is 14.5 Å². The van der Waals surface area contributed by atoms with Crippen molar-refractivity contribution in [2.24, 2.45) is 11.7 Å². The number of likely N-dealkylation sites (N-methyl/N-ethyl adjacent to an activating group) is 1. The van der Waals surface area contributed by atoms with Crippen molar-refractivity contribution in [2.75, 3.05) is 33.2 Å². The van der Waals surface area contributed by atoms with Gasteiger partial charge in [0.05, 0.1) is 6.10 Å². The molecule has 1 heterocycles. The highest BCUT2D eigenvalue weighted by Crippen LogP contribution is 2.41. The number of alkyl halides is 4. The summed E-state index contributed by atoms with van der Waals surface area (Å²) in [5.41, 5.74) is 7.89. The van der Waals surface area contributed by atoms with Gasteiger partial charge < -0.3 is 14.7 Å². The molecule has 0 bridgehead atoms.